The molecule has 0 N–H and O–H groups in total. The quantitative estimate of drug-likeness (QED) is 0.660. The number of amides is 1. The van der Waals surface area contributed by atoms with E-state index in [1.54, 1.807) is 4.90 Å². The molecule has 2 aliphatic rings. The Hall–Kier alpha value is -1.06. The van der Waals surface area contributed by atoms with Gasteiger partial charge >= 0.3 is 6.09 Å². The van der Waals surface area contributed by atoms with Gasteiger partial charge in [0, 0.05) is 6.04 Å². The zero-order chi connectivity index (χ0) is 12.6. The lowest BCUT2D eigenvalue weighted by molar-refractivity contribution is -0.112. The van der Waals surface area contributed by atoms with Crippen molar-refractivity contribution >= 4 is 12.4 Å². The summed E-state index contributed by atoms with van der Waals surface area (Å²) in [5.74, 6) is 0.498. The number of aldehydes is 1. The molecule has 3 atom stereocenters. The first-order chi connectivity index (χ1) is 7.92. The van der Waals surface area contributed by atoms with Crippen LogP contribution < -0.4 is 0 Å². The normalized spacial score (nSPS) is 32.4. The molecule has 2 rings (SSSR count). The highest BCUT2D eigenvalue weighted by Gasteiger charge is 2.47. The van der Waals surface area contributed by atoms with Gasteiger partial charge in [-0.2, -0.15) is 0 Å². The largest absolute Gasteiger partial charge is 0.444 e. The second-order valence-electron chi connectivity index (χ2n) is 6.09. The predicted molar refractivity (Wildman–Crippen MR) is 63.7 cm³/mol. The maximum Gasteiger partial charge on any atom is 0.411 e. The van der Waals surface area contributed by atoms with E-state index >= 15 is 0 Å². The minimum Gasteiger partial charge on any atom is -0.444 e. The van der Waals surface area contributed by atoms with E-state index in [1.165, 1.54) is 0 Å². The highest BCUT2D eigenvalue weighted by Crippen LogP contribution is 2.41. The minimum absolute atomic E-state index is 0.222. The minimum atomic E-state index is -0.499. The Kier molecular flexibility index (Phi) is 3.15. The highest BCUT2D eigenvalue weighted by atomic mass is 16.6. The summed E-state index contributed by atoms with van der Waals surface area (Å²) >= 11 is 0. The Balaban J connectivity index is 2.11. The molecule has 0 aromatic rings. The van der Waals surface area contributed by atoms with Gasteiger partial charge in [0.2, 0.25) is 0 Å². The molecule has 1 saturated carbocycles. The van der Waals surface area contributed by atoms with Crippen LogP contribution in [0.3, 0.4) is 0 Å². The van der Waals surface area contributed by atoms with E-state index in [0.717, 1.165) is 32.0 Å². The van der Waals surface area contributed by atoms with Gasteiger partial charge in [-0.05, 0) is 46.0 Å². The molecule has 1 aliphatic heterocycles. The molecule has 96 valence electrons. The first-order valence-electron chi connectivity index (χ1n) is 6.39. The van der Waals surface area contributed by atoms with Crippen LogP contribution in [0.2, 0.25) is 0 Å². The van der Waals surface area contributed by atoms with E-state index in [-0.39, 0.29) is 18.2 Å². The molecular weight excluding hydrogens is 218 g/mol. The number of hydrogen-bond donors (Lipinski definition) is 0. The zero-order valence-electron chi connectivity index (χ0n) is 10.8. The van der Waals surface area contributed by atoms with Gasteiger partial charge < -0.3 is 9.53 Å². The number of nitrogens with zero attached hydrogens (tertiary/aromatic N) is 1. The molecule has 4 nitrogen and oxygen atoms in total. The van der Waals surface area contributed by atoms with Gasteiger partial charge in [-0.3, -0.25) is 4.90 Å². The maximum absolute atomic E-state index is 12.1. The lowest BCUT2D eigenvalue weighted by atomic mass is 10.0. The number of carbonyl (C=O) groups is 2. The van der Waals surface area contributed by atoms with Crippen molar-refractivity contribution in [1.29, 1.82) is 0 Å². The third-order valence-electron chi connectivity index (χ3n) is 3.64. The molecule has 1 aliphatic carbocycles. The Morgan fingerprint density at radius 3 is 2.65 bits per heavy atom. The highest BCUT2D eigenvalue weighted by molar-refractivity contribution is 5.75. The monoisotopic (exact) mass is 239 g/mol. The van der Waals surface area contributed by atoms with E-state index < -0.39 is 5.60 Å². The molecule has 0 bridgehead atoms. The molecule has 1 heterocycles. The van der Waals surface area contributed by atoms with Crippen LogP contribution >= 0.6 is 0 Å². The first kappa shape index (κ1) is 12.4. The summed E-state index contributed by atoms with van der Waals surface area (Å²) in [4.78, 5) is 24.9. The number of carbonyl (C=O) groups excluding carboxylic acids is 2. The molecule has 0 spiro atoms. The number of ether oxygens (including phenoxy) is 1. The predicted octanol–water partition coefficient (Wildman–Crippen LogP) is 2.36. The van der Waals surface area contributed by atoms with Gasteiger partial charge in [0.15, 0.2) is 0 Å². The second kappa shape index (κ2) is 4.31. The van der Waals surface area contributed by atoms with Crippen LogP contribution in [0.5, 0.6) is 0 Å². The summed E-state index contributed by atoms with van der Waals surface area (Å²) in [6.07, 6.45) is 4.67. The molecule has 0 aromatic carbocycles. The van der Waals surface area contributed by atoms with Crippen molar-refractivity contribution in [2.24, 2.45) is 5.92 Å². The zero-order valence-corrected chi connectivity index (χ0v) is 10.8. The van der Waals surface area contributed by atoms with Gasteiger partial charge in [0.05, 0.1) is 6.04 Å². The van der Waals surface area contributed by atoms with Gasteiger partial charge in [-0.15, -0.1) is 0 Å². The summed E-state index contributed by atoms with van der Waals surface area (Å²) in [6, 6.07) is -0.0554. The Morgan fingerprint density at radius 1 is 1.35 bits per heavy atom. The van der Waals surface area contributed by atoms with E-state index in [2.05, 4.69) is 0 Å². The second-order valence-corrected chi connectivity index (χ2v) is 6.09. The first-order valence-corrected chi connectivity index (χ1v) is 6.39. The van der Waals surface area contributed by atoms with Crippen molar-refractivity contribution in [3.63, 3.8) is 0 Å². The van der Waals surface area contributed by atoms with Crippen molar-refractivity contribution in [2.45, 2.75) is 64.1 Å². The van der Waals surface area contributed by atoms with Crippen LogP contribution in [0.1, 0.15) is 46.5 Å². The fraction of sp³-hybridized carbons (Fsp3) is 0.846. The fourth-order valence-electron chi connectivity index (χ4n) is 3.03. The van der Waals surface area contributed by atoms with Gasteiger partial charge in [-0.25, -0.2) is 4.79 Å². The number of fused-ring (bicyclic) bond motifs is 1. The lowest BCUT2D eigenvalue weighted by Crippen LogP contribution is -2.44. The summed E-state index contributed by atoms with van der Waals surface area (Å²) in [5.41, 5.74) is -0.499. The number of hydrogen-bond acceptors (Lipinski definition) is 3. The van der Waals surface area contributed by atoms with Crippen LogP contribution in [0.25, 0.3) is 0 Å². The van der Waals surface area contributed by atoms with Crippen molar-refractivity contribution in [2.75, 3.05) is 0 Å². The summed E-state index contributed by atoms with van der Waals surface area (Å²) < 4.78 is 5.39. The number of rotatable bonds is 1. The Labute approximate surface area is 102 Å². The van der Waals surface area contributed by atoms with Crippen molar-refractivity contribution in [3.05, 3.63) is 0 Å². The summed E-state index contributed by atoms with van der Waals surface area (Å²) in [5, 5.41) is 0. The lowest BCUT2D eigenvalue weighted by Gasteiger charge is -2.30. The Bertz CT molecular complexity index is 321. The fourth-order valence-corrected chi connectivity index (χ4v) is 3.03. The van der Waals surface area contributed by atoms with E-state index in [0.29, 0.717) is 5.92 Å². The third-order valence-corrected chi connectivity index (χ3v) is 3.64. The summed E-state index contributed by atoms with van der Waals surface area (Å²) in [6.45, 7) is 5.55. The van der Waals surface area contributed by atoms with Crippen LogP contribution in [-0.2, 0) is 9.53 Å². The smallest absolute Gasteiger partial charge is 0.411 e. The SMILES string of the molecule is CC(C)(C)OC(=O)N1[C@H](C=O)C[C@H]2CCC[C@H]21. The van der Waals surface area contributed by atoms with E-state index in [1.807, 2.05) is 20.8 Å². The van der Waals surface area contributed by atoms with Crippen LogP contribution in [0, 0.1) is 5.92 Å². The number of likely N-dealkylation sites (tertiary alicyclic amines) is 1. The average molecular weight is 239 g/mol. The molecule has 17 heavy (non-hydrogen) atoms. The molecular formula is C13H21NO3. The third kappa shape index (κ3) is 2.45. The van der Waals surface area contributed by atoms with E-state index in [4.69, 9.17) is 4.74 Å². The van der Waals surface area contributed by atoms with Gasteiger partial charge in [0.1, 0.15) is 11.9 Å². The Morgan fingerprint density at radius 2 is 2.06 bits per heavy atom. The molecule has 4 heteroatoms. The summed E-state index contributed by atoms with van der Waals surface area (Å²) in [7, 11) is 0. The van der Waals surface area contributed by atoms with Crippen LogP contribution in [-0.4, -0.2) is 35.0 Å². The molecule has 0 aromatic heterocycles. The maximum atomic E-state index is 12.1. The molecule has 1 amide bonds. The van der Waals surface area contributed by atoms with E-state index in [9.17, 15) is 9.59 Å². The van der Waals surface area contributed by atoms with Crippen molar-refractivity contribution < 1.29 is 14.3 Å². The molecule has 1 saturated heterocycles. The standard InChI is InChI=1S/C13H21NO3/c1-13(2,3)17-12(16)14-10(8-15)7-9-5-4-6-11(9)14/h8-11H,4-7H2,1-3H3/t9-,10+,11-/m1/s1. The van der Waals surface area contributed by atoms with Crippen LogP contribution in [0.4, 0.5) is 4.79 Å². The molecule has 2 fully saturated rings. The van der Waals surface area contributed by atoms with Gasteiger partial charge in [0.25, 0.3) is 0 Å². The molecule has 0 radical (unpaired) electrons. The topological polar surface area (TPSA) is 46.6 Å². The van der Waals surface area contributed by atoms with Crippen molar-refractivity contribution in [1.82, 2.24) is 4.90 Å². The van der Waals surface area contributed by atoms with Gasteiger partial charge in [-0.1, -0.05) is 6.42 Å². The molecule has 0 unspecified atom stereocenters. The average Bonchev–Trinajstić information content (AvgIpc) is 2.71. The van der Waals surface area contributed by atoms with Crippen LogP contribution in [0.15, 0.2) is 0 Å². The van der Waals surface area contributed by atoms with Crippen molar-refractivity contribution in [3.8, 4) is 0 Å².